The molecule has 1 aliphatic rings. The average molecular weight is 288 g/mol. The van der Waals surface area contributed by atoms with Gasteiger partial charge >= 0.3 is 0 Å². The molecule has 0 spiro atoms. The highest BCUT2D eigenvalue weighted by Gasteiger charge is 2.19. The minimum Gasteiger partial charge on any atom is -0.271 e. The quantitative estimate of drug-likeness (QED) is 0.657. The Morgan fingerprint density at radius 2 is 2.14 bits per heavy atom. The molecule has 1 heterocycles. The molecule has 1 unspecified atom stereocenters. The fraction of sp³-hybridized carbons (Fsp3) is 0.438. The number of nitrogens with two attached hydrogens (primary N) is 1. The maximum Gasteiger partial charge on any atom is 0.123 e. The maximum atomic E-state index is 13.3. The van der Waals surface area contributed by atoms with Gasteiger partial charge in [0.15, 0.2) is 0 Å². The van der Waals surface area contributed by atoms with Crippen molar-refractivity contribution in [1.82, 2.24) is 15.2 Å². The van der Waals surface area contributed by atoms with Crippen LogP contribution in [0.15, 0.2) is 36.5 Å². The van der Waals surface area contributed by atoms with Crippen LogP contribution in [0.25, 0.3) is 0 Å². The van der Waals surface area contributed by atoms with Crippen LogP contribution in [0.4, 0.5) is 4.39 Å². The number of aromatic nitrogens is 2. The first-order valence-electron chi connectivity index (χ1n) is 7.52. The molecular formula is C16H21FN4. The molecule has 0 saturated heterocycles. The van der Waals surface area contributed by atoms with Crippen LogP contribution in [-0.2, 0) is 6.42 Å². The van der Waals surface area contributed by atoms with Crippen LogP contribution in [0.3, 0.4) is 0 Å². The van der Waals surface area contributed by atoms with E-state index < -0.39 is 0 Å². The molecule has 1 atom stereocenters. The summed E-state index contributed by atoms with van der Waals surface area (Å²) in [7, 11) is 0. The maximum absolute atomic E-state index is 13.3. The highest BCUT2D eigenvalue weighted by atomic mass is 19.1. The normalized spacial score (nSPS) is 17.2. The summed E-state index contributed by atoms with van der Waals surface area (Å²) in [5.74, 6) is 5.38. The van der Waals surface area contributed by atoms with E-state index in [1.54, 1.807) is 6.07 Å². The second-order valence-corrected chi connectivity index (χ2v) is 5.70. The molecule has 4 nitrogen and oxygen atoms in total. The smallest absolute Gasteiger partial charge is 0.123 e. The molecule has 0 radical (unpaired) electrons. The third-order valence-corrected chi connectivity index (χ3v) is 4.23. The topological polar surface area (TPSA) is 55.9 Å². The van der Waals surface area contributed by atoms with Gasteiger partial charge in [-0.2, -0.15) is 5.10 Å². The average Bonchev–Trinajstić information content (AvgIpc) is 3.15. The summed E-state index contributed by atoms with van der Waals surface area (Å²) in [5, 5.41) is 4.66. The molecule has 1 aromatic carbocycles. The number of nitrogens with one attached hydrogen (secondary N) is 1. The van der Waals surface area contributed by atoms with Gasteiger partial charge in [0.1, 0.15) is 5.82 Å². The monoisotopic (exact) mass is 288 g/mol. The molecule has 0 bridgehead atoms. The van der Waals surface area contributed by atoms with Crippen molar-refractivity contribution in [2.24, 2.45) is 5.84 Å². The first kappa shape index (κ1) is 14.2. The second kappa shape index (κ2) is 6.37. The number of rotatable bonds is 5. The predicted octanol–water partition coefficient (Wildman–Crippen LogP) is 2.88. The van der Waals surface area contributed by atoms with Crippen molar-refractivity contribution in [1.29, 1.82) is 0 Å². The third kappa shape index (κ3) is 3.31. The van der Waals surface area contributed by atoms with E-state index in [-0.39, 0.29) is 11.9 Å². The summed E-state index contributed by atoms with van der Waals surface area (Å²) in [6.45, 7) is 0. The van der Waals surface area contributed by atoms with E-state index in [1.165, 1.54) is 37.8 Å². The van der Waals surface area contributed by atoms with Crippen molar-refractivity contribution < 1.29 is 4.39 Å². The number of hydrogen-bond donors (Lipinski definition) is 2. The molecule has 21 heavy (non-hydrogen) atoms. The van der Waals surface area contributed by atoms with Crippen LogP contribution in [0, 0.1) is 5.82 Å². The van der Waals surface area contributed by atoms with Crippen molar-refractivity contribution in [2.75, 3.05) is 0 Å². The lowest BCUT2D eigenvalue weighted by molar-refractivity contribution is 0.457. The Bertz CT molecular complexity index is 589. The SMILES string of the molecule is NNC(Cc1ccn(C2CCCC2)n1)c1cccc(F)c1. The molecule has 0 amide bonds. The van der Waals surface area contributed by atoms with Crippen LogP contribution in [0.5, 0.6) is 0 Å². The van der Waals surface area contributed by atoms with Crippen molar-refractivity contribution in [2.45, 2.75) is 44.2 Å². The summed E-state index contributed by atoms with van der Waals surface area (Å²) in [6.07, 6.45) is 7.70. The molecule has 1 fully saturated rings. The van der Waals surface area contributed by atoms with Crippen LogP contribution in [-0.4, -0.2) is 9.78 Å². The second-order valence-electron chi connectivity index (χ2n) is 5.70. The van der Waals surface area contributed by atoms with E-state index in [9.17, 15) is 4.39 Å². The number of hydrazine groups is 1. The summed E-state index contributed by atoms with van der Waals surface area (Å²) < 4.78 is 15.4. The van der Waals surface area contributed by atoms with Gasteiger partial charge in [-0.1, -0.05) is 25.0 Å². The Hall–Kier alpha value is -1.72. The molecule has 112 valence electrons. The van der Waals surface area contributed by atoms with E-state index in [0.29, 0.717) is 12.5 Å². The van der Waals surface area contributed by atoms with Crippen LogP contribution < -0.4 is 11.3 Å². The minimum atomic E-state index is -0.246. The Morgan fingerprint density at radius 3 is 2.86 bits per heavy atom. The fourth-order valence-electron chi connectivity index (χ4n) is 3.06. The van der Waals surface area contributed by atoms with Gasteiger partial charge in [-0.25, -0.2) is 4.39 Å². The van der Waals surface area contributed by atoms with E-state index >= 15 is 0 Å². The number of halogens is 1. The lowest BCUT2D eigenvalue weighted by Crippen LogP contribution is -2.29. The first-order valence-corrected chi connectivity index (χ1v) is 7.52. The number of hydrogen-bond acceptors (Lipinski definition) is 3. The van der Waals surface area contributed by atoms with Crippen molar-refractivity contribution >= 4 is 0 Å². The van der Waals surface area contributed by atoms with Gasteiger partial charge < -0.3 is 0 Å². The zero-order chi connectivity index (χ0) is 14.7. The summed E-state index contributed by atoms with van der Waals surface area (Å²) >= 11 is 0. The highest BCUT2D eigenvalue weighted by molar-refractivity contribution is 5.21. The molecular weight excluding hydrogens is 267 g/mol. The Kier molecular flexibility index (Phi) is 4.31. The highest BCUT2D eigenvalue weighted by Crippen LogP contribution is 2.29. The van der Waals surface area contributed by atoms with E-state index in [2.05, 4.69) is 15.2 Å². The number of nitrogens with zero attached hydrogens (tertiary/aromatic N) is 2. The van der Waals surface area contributed by atoms with E-state index in [4.69, 9.17) is 5.84 Å². The Morgan fingerprint density at radius 1 is 1.33 bits per heavy atom. The van der Waals surface area contributed by atoms with Crippen molar-refractivity contribution in [3.63, 3.8) is 0 Å². The van der Waals surface area contributed by atoms with Gasteiger partial charge in [-0.05, 0) is 36.6 Å². The molecule has 3 N–H and O–H groups in total. The summed E-state index contributed by atoms with van der Waals surface area (Å²) in [5.41, 5.74) is 4.58. The predicted molar refractivity (Wildman–Crippen MR) is 79.9 cm³/mol. The standard InChI is InChI=1S/C16H21FN4/c17-13-5-3-4-12(10-13)16(19-18)11-14-8-9-21(20-14)15-6-1-2-7-15/h3-5,8-10,15-16,19H,1-2,6-7,11,18H2. The van der Waals surface area contributed by atoms with Gasteiger partial charge in [0, 0.05) is 12.6 Å². The van der Waals surface area contributed by atoms with E-state index in [1.807, 2.05) is 18.3 Å². The zero-order valence-corrected chi connectivity index (χ0v) is 12.0. The van der Waals surface area contributed by atoms with Crippen molar-refractivity contribution in [3.8, 4) is 0 Å². The van der Waals surface area contributed by atoms with Gasteiger partial charge in [0.25, 0.3) is 0 Å². The lowest BCUT2D eigenvalue weighted by atomic mass is 10.0. The van der Waals surface area contributed by atoms with Gasteiger partial charge in [0.05, 0.1) is 17.8 Å². The minimum absolute atomic E-state index is 0.132. The molecule has 5 heteroatoms. The fourth-order valence-corrected chi connectivity index (χ4v) is 3.06. The Labute approximate surface area is 124 Å². The van der Waals surface area contributed by atoms with E-state index in [0.717, 1.165) is 11.3 Å². The summed E-state index contributed by atoms with van der Waals surface area (Å²) in [6, 6.07) is 8.96. The Balaban J connectivity index is 1.72. The molecule has 1 aromatic heterocycles. The molecule has 0 aliphatic heterocycles. The van der Waals surface area contributed by atoms with Crippen molar-refractivity contribution in [3.05, 3.63) is 53.6 Å². The van der Waals surface area contributed by atoms with Gasteiger partial charge in [0.2, 0.25) is 0 Å². The van der Waals surface area contributed by atoms with Crippen LogP contribution >= 0.6 is 0 Å². The van der Waals surface area contributed by atoms with Gasteiger partial charge in [-0.3, -0.25) is 16.0 Å². The molecule has 1 aliphatic carbocycles. The van der Waals surface area contributed by atoms with Crippen LogP contribution in [0.1, 0.15) is 49.0 Å². The number of benzene rings is 1. The summed E-state index contributed by atoms with van der Waals surface area (Å²) in [4.78, 5) is 0. The third-order valence-electron chi connectivity index (χ3n) is 4.23. The lowest BCUT2D eigenvalue weighted by Gasteiger charge is -2.15. The first-order chi connectivity index (χ1) is 10.3. The van der Waals surface area contributed by atoms with Gasteiger partial charge in [-0.15, -0.1) is 0 Å². The molecule has 2 aromatic rings. The molecule has 3 rings (SSSR count). The zero-order valence-electron chi connectivity index (χ0n) is 12.0. The largest absolute Gasteiger partial charge is 0.271 e. The molecule has 1 saturated carbocycles. The van der Waals surface area contributed by atoms with Crippen LogP contribution in [0.2, 0.25) is 0 Å².